The van der Waals surface area contributed by atoms with Gasteiger partial charge in [-0.15, -0.1) is 0 Å². The number of benzene rings is 2. The van der Waals surface area contributed by atoms with E-state index in [1.54, 1.807) is 23.1 Å². The van der Waals surface area contributed by atoms with Gasteiger partial charge in [0.1, 0.15) is 5.75 Å². The van der Waals surface area contributed by atoms with Crippen LogP contribution in [-0.2, 0) is 4.79 Å². The minimum absolute atomic E-state index is 0.0472. The van der Waals surface area contributed by atoms with Gasteiger partial charge < -0.3 is 20.3 Å². The first-order valence-corrected chi connectivity index (χ1v) is 9.27. The number of nitrogens with zero attached hydrogens (tertiary/aromatic N) is 1. The molecule has 8 heteroatoms. The van der Waals surface area contributed by atoms with Gasteiger partial charge in [0, 0.05) is 23.7 Å². The van der Waals surface area contributed by atoms with Gasteiger partial charge in [0.05, 0.1) is 23.4 Å². The molecule has 1 heterocycles. The predicted octanol–water partition coefficient (Wildman–Crippen LogP) is 4.32. The highest BCUT2D eigenvalue weighted by Crippen LogP contribution is 2.26. The molecular formula is C19H19Cl2N3O3. The summed E-state index contributed by atoms with van der Waals surface area (Å²) in [5.74, 6) is 0.704. The van der Waals surface area contributed by atoms with Crippen LogP contribution in [-0.4, -0.2) is 31.1 Å². The normalized spacial score (nSPS) is 16.3. The molecule has 0 spiro atoms. The first-order chi connectivity index (χ1) is 13.0. The number of rotatable bonds is 5. The van der Waals surface area contributed by atoms with E-state index in [4.69, 9.17) is 27.9 Å². The van der Waals surface area contributed by atoms with E-state index in [9.17, 15) is 9.59 Å². The lowest BCUT2D eigenvalue weighted by atomic mass is 10.2. The van der Waals surface area contributed by atoms with E-state index >= 15 is 0 Å². The van der Waals surface area contributed by atoms with E-state index in [1.807, 2.05) is 31.2 Å². The van der Waals surface area contributed by atoms with Gasteiger partial charge in [-0.05, 0) is 49.4 Å². The molecule has 3 amide bonds. The zero-order chi connectivity index (χ0) is 19.4. The van der Waals surface area contributed by atoms with E-state index < -0.39 is 6.03 Å². The Morgan fingerprint density at radius 3 is 2.63 bits per heavy atom. The van der Waals surface area contributed by atoms with Crippen LogP contribution < -0.4 is 20.3 Å². The van der Waals surface area contributed by atoms with Crippen LogP contribution in [0.4, 0.5) is 16.2 Å². The van der Waals surface area contributed by atoms with Gasteiger partial charge in [0.25, 0.3) is 0 Å². The van der Waals surface area contributed by atoms with Gasteiger partial charge in [0.2, 0.25) is 5.91 Å². The highest BCUT2D eigenvalue weighted by Gasteiger charge is 2.31. The summed E-state index contributed by atoms with van der Waals surface area (Å²) in [6.45, 7) is 2.89. The molecule has 27 heavy (non-hydrogen) atoms. The van der Waals surface area contributed by atoms with Crippen molar-refractivity contribution in [2.75, 3.05) is 23.4 Å². The lowest BCUT2D eigenvalue weighted by Gasteiger charge is -2.18. The summed E-state index contributed by atoms with van der Waals surface area (Å²) >= 11 is 11.9. The van der Waals surface area contributed by atoms with Crippen molar-refractivity contribution < 1.29 is 14.3 Å². The standard InChI is InChI=1S/C19H19Cl2N3O3/c1-2-27-15-6-4-14(5-7-15)24-11-13(10-18(24)25)22-19(26)23-17-8-3-12(20)9-16(17)21/h3-9,13H,2,10-11H2,1H3,(H2,22,23,26)/t13-/m1/s1. The summed E-state index contributed by atoms with van der Waals surface area (Å²) in [6.07, 6.45) is 0.231. The van der Waals surface area contributed by atoms with Gasteiger partial charge in [-0.25, -0.2) is 4.79 Å². The van der Waals surface area contributed by atoms with E-state index in [-0.39, 0.29) is 18.4 Å². The van der Waals surface area contributed by atoms with E-state index in [1.165, 1.54) is 0 Å². The largest absolute Gasteiger partial charge is 0.494 e. The van der Waals surface area contributed by atoms with Crippen molar-refractivity contribution in [1.82, 2.24) is 5.32 Å². The fourth-order valence-electron chi connectivity index (χ4n) is 2.88. The third-order valence-corrected chi connectivity index (χ3v) is 4.65. The molecule has 0 bridgehead atoms. The molecule has 1 aliphatic heterocycles. The average Bonchev–Trinajstić information content (AvgIpc) is 2.98. The molecule has 0 saturated carbocycles. The smallest absolute Gasteiger partial charge is 0.319 e. The summed E-state index contributed by atoms with van der Waals surface area (Å²) in [5, 5.41) is 6.30. The quantitative estimate of drug-likeness (QED) is 0.774. The minimum atomic E-state index is -0.425. The fraction of sp³-hybridized carbons (Fsp3) is 0.263. The Kier molecular flexibility index (Phi) is 6.08. The molecule has 2 aromatic carbocycles. The number of hydrogen-bond donors (Lipinski definition) is 2. The SMILES string of the molecule is CCOc1ccc(N2C[C@H](NC(=O)Nc3ccc(Cl)cc3Cl)CC2=O)cc1. The monoisotopic (exact) mass is 407 g/mol. The second-order valence-corrected chi connectivity index (χ2v) is 6.90. The van der Waals surface area contributed by atoms with Gasteiger partial charge in [-0.1, -0.05) is 23.2 Å². The fourth-order valence-corrected chi connectivity index (χ4v) is 3.33. The molecule has 0 radical (unpaired) electrons. The predicted molar refractivity (Wildman–Crippen MR) is 107 cm³/mol. The molecular weight excluding hydrogens is 389 g/mol. The van der Waals surface area contributed by atoms with Crippen LogP contribution in [0.2, 0.25) is 10.0 Å². The molecule has 6 nitrogen and oxygen atoms in total. The third kappa shape index (κ3) is 4.84. The Morgan fingerprint density at radius 1 is 1.22 bits per heavy atom. The molecule has 1 saturated heterocycles. The van der Waals surface area contributed by atoms with Gasteiger partial charge in [-0.3, -0.25) is 4.79 Å². The third-order valence-electron chi connectivity index (χ3n) is 4.10. The van der Waals surface area contributed by atoms with Crippen molar-refractivity contribution in [2.24, 2.45) is 0 Å². The van der Waals surface area contributed by atoms with E-state index in [0.717, 1.165) is 11.4 Å². The van der Waals surface area contributed by atoms with Crippen molar-refractivity contribution in [3.05, 3.63) is 52.5 Å². The molecule has 1 fully saturated rings. The molecule has 1 atom stereocenters. The van der Waals surface area contributed by atoms with Crippen LogP contribution in [0.3, 0.4) is 0 Å². The summed E-state index contributed by atoms with van der Waals surface area (Å²) < 4.78 is 5.41. The lowest BCUT2D eigenvalue weighted by molar-refractivity contribution is -0.117. The molecule has 2 N–H and O–H groups in total. The van der Waals surface area contributed by atoms with E-state index in [2.05, 4.69) is 10.6 Å². The maximum atomic E-state index is 12.3. The zero-order valence-corrected chi connectivity index (χ0v) is 16.2. The van der Waals surface area contributed by atoms with Crippen LogP contribution in [0.15, 0.2) is 42.5 Å². The molecule has 1 aliphatic rings. The van der Waals surface area contributed by atoms with Gasteiger partial charge in [0.15, 0.2) is 0 Å². The van der Waals surface area contributed by atoms with Crippen LogP contribution in [0.1, 0.15) is 13.3 Å². The van der Waals surface area contributed by atoms with Crippen molar-refractivity contribution in [1.29, 1.82) is 0 Å². The van der Waals surface area contributed by atoms with Crippen molar-refractivity contribution in [3.63, 3.8) is 0 Å². The minimum Gasteiger partial charge on any atom is -0.494 e. The molecule has 0 unspecified atom stereocenters. The van der Waals surface area contributed by atoms with Crippen LogP contribution in [0, 0.1) is 0 Å². The van der Waals surface area contributed by atoms with Gasteiger partial charge >= 0.3 is 6.03 Å². The molecule has 0 aliphatic carbocycles. The Labute approximate surface area is 167 Å². The number of amides is 3. The second kappa shape index (κ2) is 8.50. The van der Waals surface area contributed by atoms with Crippen molar-refractivity contribution >= 4 is 46.5 Å². The first-order valence-electron chi connectivity index (χ1n) is 8.52. The second-order valence-electron chi connectivity index (χ2n) is 6.05. The summed E-state index contributed by atoms with van der Waals surface area (Å²) in [7, 11) is 0. The number of nitrogens with one attached hydrogen (secondary N) is 2. The lowest BCUT2D eigenvalue weighted by Crippen LogP contribution is -2.39. The van der Waals surface area contributed by atoms with Crippen molar-refractivity contribution in [2.45, 2.75) is 19.4 Å². The van der Waals surface area contributed by atoms with Crippen LogP contribution >= 0.6 is 23.2 Å². The maximum Gasteiger partial charge on any atom is 0.319 e. The number of carbonyl (C=O) groups excluding carboxylic acids is 2. The summed E-state index contributed by atoms with van der Waals surface area (Å²) in [5.41, 5.74) is 1.22. The van der Waals surface area contributed by atoms with Crippen LogP contribution in [0.5, 0.6) is 5.75 Å². The molecule has 142 valence electrons. The maximum absolute atomic E-state index is 12.3. The van der Waals surface area contributed by atoms with Crippen LogP contribution in [0.25, 0.3) is 0 Å². The highest BCUT2D eigenvalue weighted by molar-refractivity contribution is 6.36. The number of ether oxygens (including phenoxy) is 1. The first kappa shape index (κ1) is 19.3. The zero-order valence-electron chi connectivity index (χ0n) is 14.7. The van der Waals surface area contributed by atoms with E-state index in [0.29, 0.717) is 28.9 Å². The Bertz CT molecular complexity index is 843. The van der Waals surface area contributed by atoms with Crippen molar-refractivity contribution in [3.8, 4) is 5.75 Å². The molecule has 0 aromatic heterocycles. The van der Waals surface area contributed by atoms with Gasteiger partial charge in [-0.2, -0.15) is 0 Å². The number of carbonyl (C=O) groups is 2. The Hall–Kier alpha value is -2.44. The number of urea groups is 1. The number of halogens is 2. The molecule has 3 rings (SSSR count). The Balaban J connectivity index is 1.59. The number of hydrogen-bond acceptors (Lipinski definition) is 3. The average molecular weight is 408 g/mol. The number of anilines is 2. The topological polar surface area (TPSA) is 70.7 Å². The highest BCUT2D eigenvalue weighted by atomic mass is 35.5. The Morgan fingerprint density at radius 2 is 1.96 bits per heavy atom. The summed E-state index contributed by atoms with van der Waals surface area (Å²) in [6, 6.07) is 11.4. The molecule has 2 aromatic rings. The summed E-state index contributed by atoms with van der Waals surface area (Å²) in [4.78, 5) is 26.2.